The van der Waals surface area contributed by atoms with Crippen LogP contribution in [0.25, 0.3) is 0 Å². The number of hydrogen-bond donors (Lipinski definition) is 3. The minimum absolute atomic E-state index is 0.0434. The quantitative estimate of drug-likeness (QED) is 0.403. The number of hydrogen-bond acceptors (Lipinski definition) is 4. The summed E-state index contributed by atoms with van der Waals surface area (Å²) in [6.45, 7) is 7.81. The summed E-state index contributed by atoms with van der Waals surface area (Å²) in [6.07, 6.45) is 10.6. The fourth-order valence-electron chi connectivity index (χ4n) is 10.1. The van der Waals surface area contributed by atoms with Gasteiger partial charge in [0.15, 0.2) is 0 Å². The molecule has 0 aliphatic heterocycles. The first-order valence-electron chi connectivity index (χ1n) is 15.4. The number of ether oxygens (including phenoxy) is 1. The Kier molecular flexibility index (Phi) is 8.18. The van der Waals surface area contributed by atoms with E-state index in [2.05, 4.69) is 32.2 Å². The fourth-order valence-corrected chi connectivity index (χ4v) is 10.1. The number of para-hydroxylation sites is 1. The molecule has 5 nitrogen and oxygen atoms in total. The van der Waals surface area contributed by atoms with Crippen LogP contribution in [-0.4, -0.2) is 42.0 Å². The van der Waals surface area contributed by atoms with Crippen LogP contribution in [0.2, 0.25) is 0 Å². The zero-order valence-electron chi connectivity index (χ0n) is 24.1. The largest absolute Gasteiger partial charge is 0.496 e. The molecule has 0 saturated heterocycles. The van der Waals surface area contributed by atoms with Crippen LogP contribution in [0.15, 0.2) is 24.3 Å². The average Bonchev–Trinajstić information content (AvgIpc) is 3.27. The first-order valence-corrected chi connectivity index (χ1v) is 15.4. The molecule has 0 radical (unpaired) electrons. The van der Waals surface area contributed by atoms with Gasteiger partial charge in [-0.1, -0.05) is 39.0 Å². The smallest absolute Gasteiger partial charge is 0.220 e. The van der Waals surface area contributed by atoms with Crippen molar-refractivity contribution in [3.05, 3.63) is 29.8 Å². The van der Waals surface area contributed by atoms with Gasteiger partial charge in [0.1, 0.15) is 5.75 Å². The molecule has 0 aromatic heterocycles. The van der Waals surface area contributed by atoms with E-state index in [-0.39, 0.29) is 28.9 Å². The Morgan fingerprint density at radius 3 is 2.66 bits per heavy atom. The van der Waals surface area contributed by atoms with Crippen molar-refractivity contribution < 1.29 is 19.7 Å². The van der Waals surface area contributed by atoms with Crippen LogP contribution in [0.5, 0.6) is 5.75 Å². The van der Waals surface area contributed by atoms with Crippen molar-refractivity contribution in [2.75, 3.05) is 13.7 Å². The highest BCUT2D eigenvalue weighted by atomic mass is 16.5. The van der Waals surface area contributed by atoms with Gasteiger partial charge in [0, 0.05) is 13.0 Å². The third-order valence-corrected chi connectivity index (χ3v) is 12.2. The van der Waals surface area contributed by atoms with E-state index in [1.807, 2.05) is 18.2 Å². The van der Waals surface area contributed by atoms with Gasteiger partial charge in [0.2, 0.25) is 5.91 Å². The summed E-state index contributed by atoms with van der Waals surface area (Å²) in [7, 11) is 1.68. The number of carbonyl (C=O) groups excluding carboxylic acids is 1. The molecule has 4 fully saturated rings. The lowest BCUT2D eigenvalue weighted by Crippen LogP contribution is -2.58. The lowest BCUT2D eigenvalue weighted by molar-refractivity contribution is -0.174. The van der Waals surface area contributed by atoms with Crippen LogP contribution in [0, 0.1) is 46.3 Å². The van der Waals surface area contributed by atoms with Gasteiger partial charge in [-0.2, -0.15) is 0 Å². The fraction of sp³-hybridized carbons (Fsp3) is 0.788. The number of nitrogens with one attached hydrogen (secondary N) is 1. The first kappa shape index (κ1) is 28.0. The number of rotatable bonds is 8. The maximum Gasteiger partial charge on any atom is 0.220 e. The van der Waals surface area contributed by atoms with E-state index in [9.17, 15) is 15.0 Å². The third kappa shape index (κ3) is 4.91. The highest BCUT2D eigenvalue weighted by Gasteiger charge is 2.63. The van der Waals surface area contributed by atoms with Gasteiger partial charge >= 0.3 is 0 Å². The maximum atomic E-state index is 12.7. The molecule has 0 spiro atoms. The average molecular weight is 526 g/mol. The van der Waals surface area contributed by atoms with Crippen molar-refractivity contribution in [1.82, 2.24) is 5.32 Å². The summed E-state index contributed by atoms with van der Waals surface area (Å²) in [6, 6.07) is 7.98. The Morgan fingerprint density at radius 1 is 1.08 bits per heavy atom. The van der Waals surface area contributed by atoms with E-state index in [0.717, 1.165) is 49.8 Å². The second-order valence-electron chi connectivity index (χ2n) is 13.8. The van der Waals surface area contributed by atoms with Crippen molar-refractivity contribution in [3.63, 3.8) is 0 Å². The zero-order valence-corrected chi connectivity index (χ0v) is 24.1. The highest BCUT2D eigenvalue weighted by Crippen LogP contribution is 2.68. The number of benzene rings is 1. The van der Waals surface area contributed by atoms with Crippen molar-refractivity contribution in [2.24, 2.45) is 46.3 Å². The van der Waals surface area contributed by atoms with Gasteiger partial charge in [-0.15, -0.1) is 0 Å². The maximum absolute atomic E-state index is 12.7. The van der Waals surface area contributed by atoms with E-state index in [1.165, 1.54) is 25.7 Å². The van der Waals surface area contributed by atoms with E-state index < -0.39 is 0 Å². The Morgan fingerprint density at radius 2 is 1.87 bits per heavy atom. The minimum Gasteiger partial charge on any atom is -0.496 e. The number of aliphatic hydroxyl groups is 2. The Labute approximate surface area is 230 Å². The Hall–Kier alpha value is -1.59. The topological polar surface area (TPSA) is 78.8 Å². The number of aliphatic hydroxyl groups excluding tert-OH is 2. The Balaban J connectivity index is 1.17. The SMILES string of the molecule is COc1ccccc1CCNC(=O)CC[C@@H](C)[C@H]1CC[C@H]2[C@@H]3CC[C@@H]4C[C@H](O)CC[C@]4(C)[C@H]3C[C@H](O)[C@]12C. The normalized spacial score (nSPS) is 40.9. The molecule has 1 aromatic rings. The molecule has 4 saturated carbocycles. The van der Waals surface area contributed by atoms with Gasteiger partial charge in [0.05, 0.1) is 19.3 Å². The standard InChI is InChI=1S/C33H51NO4/c1-21(9-14-31(37)34-18-16-22-7-5-6-8-29(22)38-4)26-12-13-27-25-11-10-23-19-24(35)15-17-32(23,2)28(25)20-30(36)33(26,27)3/h5-8,21,23-28,30,35-36H,9-20H2,1-4H3,(H,34,37)/t21-,23-,24-,25+,26-,27+,28+,30+,32+,33-/m1/s1. The summed E-state index contributed by atoms with van der Waals surface area (Å²) in [5.74, 6) is 4.39. The van der Waals surface area contributed by atoms with Gasteiger partial charge in [-0.3, -0.25) is 4.79 Å². The molecule has 0 unspecified atom stereocenters. The van der Waals surface area contributed by atoms with Gasteiger partial charge in [0.25, 0.3) is 0 Å². The van der Waals surface area contributed by atoms with E-state index in [1.54, 1.807) is 7.11 Å². The molecule has 1 aromatic carbocycles. The molecule has 0 heterocycles. The molecule has 3 N–H and O–H groups in total. The lowest BCUT2D eigenvalue weighted by Gasteiger charge is -2.62. The summed E-state index contributed by atoms with van der Waals surface area (Å²) < 4.78 is 5.43. The number of methoxy groups -OCH3 is 1. The van der Waals surface area contributed by atoms with Crippen LogP contribution in [0.3, 0.4) is 0 Å². The molecule has 212 valence electrons. The molecule has 4 aliphatic rings. The summed E-state index contributed by atoms with van der Waals surface area (Å²) >= 11 is 0. The molecular formula is C33H51NO4. The number of carbonyl (C=O) groups is 1. The van der Waals surface area contributed by atoms with Crippen LogP contribution in [-0.2, 0) is 11.2 Å². The number of amides is 1. The number of fused-ring (bicyclic) bond motifs is 5. The Bertz CT molecular complexity index is 981. The second kappa shape index (κ2) is 11.1. The van der Waals surface area contributed by atoms with Crippen LogP contribution in [0.1, 0.15) is 90.5 Å². The van der Waals surface area contributed by atoms with E-state index in [0.29, 0.717) is 48.5 Å². The molecular weight excluding hydrogens is 474 g/mol. The van der Waals surface area contributed by atoms with Gasteiger partial charge in [-0.25, -0.2) is 0 Å². The molecule has 1 amide bonds. The van der Waals surface area contributed by atoms with Crippen LogP contribution < -0.4 is 10.1 Å². The zero-order chi connectivity index (χ0) is 27.1. The molecule has 10 atom stereocenters. The molecule has 0 bridgehead atoms. The van der Waals surface area contributed by atoms with Crippen molar-refractivity contribution >= 4 is 5.91 Å². The minimum atomic E-state index is -0.263. The van der Waals surface area contributed by atoms with Crippen molar-refractivity contribution in [2.45, 2.75) is 104 Å². The molecule has 5 heteroatoms. The van der Waals surface area contributed by atoms with Gasteiger partial charge in [-0.05, 0) is 122 Å². The third-order valence-electron chi connectivity index (χ3n) is 12.2. The summed E-state index contributed by atoms with van der Waals surface area (Å²) in [4.78, 5) is 12.7. The molecule has 4 aliphatic carbocycles. The van der Waals surface area contributed by atoms with Gasteiger partial charge < -0.3 is 20.3 Å². The molecule has 38 heavy (non-hydrogen) atoms. The summed E-state index contributed by atoms with van der Waals surface area (Å²) in [5.41, 5.74) is 1.35. The monoisotopic (exact) mass is 525 g/mol. The predicted molar refractivity (Wildman–Crippen MR) is 151 cm³/mol. The van der Waals surface area contributed by atoms with Crippen molar-refractivity contribution in [1.29, 1.82) is 0 Å². The molecule has 5 rings (SSSR count). The van der Waals surface area contributed by atoms with Crippen LogP contribution >= 0.6 is 0 Å². The van der Waals surface area contributed by atoms with Crippen molar-refractivity contribution in [3.8, 4) is 5.75 Å². The van der Waals surface area contributed by atoms with E-state index >= 15 is 0 Å². The van der Waals surface area contributed by atoms with Crippen LogP contribution in [0.4, 0.5) is 0 Å². The lowest BCUT2D eigenvalue weighted by atomic mass is 9.43. The summed E-state index contributed by atoms with van der Waals surface area (Å²) in [5, 5.41) is 25.2. The highest BCUT2D eigenvalue weighted by molar-refractivity contribution is 5.75. The second-order valence-corrected chi connectivity index (χ2v) is 13.8. The first-order chi connectivity index (χ1) is 18.2. The van der Waals surface area contributed by atoms with E-state index in [4.69, 9.17) is 4.74 Å². The predicted octanol–water partition coefficient (Wildman–Crippen LogP) is 5.76.